The molecule has 1 unspecified atom stereocenters. The van der Waals surface area contributed by atoms with Crippen LogP contribution < -0.4 is 14.8 Å². The van der Waals surface area contributed by atoms with E-state index in [0.717, 1.165) is 36.4 Å². The Labute approximate surface area is 181 Å². The molecule has 0 spiro atoms. The van der Waals surface area contributed by atoms with Crippen molar-refractivity contribution in [3.8, 4) is 11.5 Å². The van der Waals surface area contributed by atoms with Gasteiger partial charge in [-0.1, -0.05) is 17.7 Å². The second kappa shape index (κ2) is 9.39. The Balaban J connectivity index is 1.28. The molecular weight excluding hydrogens is 404 g/mol. The second-order valence-corrected chi connectivity index (χ2v) is 7.95. The number of benzene rings is 2. The van der Waals surface area contributed by atoms with Gasteiger partial charge in [-0.3, -0.25) is 9.59 Å². The van der Waals surface area contributed by atoms with E-state index >= 15 is 0 Å². The minimum absolute atomic E-state index is 0.0667. The van der Waals surface area contributed by atoms with E-state index in [1.807, 2.05) is 23.1 Å². The van der Waals surface area contributed by atoms with Crippen LogP contribution in [0.15, 0.2) is 42.5 Å². The Bertz CT molecular complexity index is 916. The maximum atomic E-state index is 12.8. The molecule has 2 heterocycles. The molecule has 30 heavy (non-hydrogen) atoms. The first-order valence-electron chi connectivity index (χ1n) is 10.3. The van der Waals surface area contributed by atoms with Gasteiger partial charge in [0.05, 0.1) is 6.04 Å². The lowest BCUT2D eigenvalue weighted by atomic mass is 10.0. The number of hydrogen-bond acceptors (Lipinski definition) is 4. The lowest BCUT2D eigenvalue weighted by Crippen LogP contribution is -2.31. The summed E-state index contributed by atoms with van der Waals surface area (Å²) in [6, 6.07) is 12.8. The summed E-state index contributed by atoms with van der Waals surface area (Å²) in [4.78, 5) is 26.9. The number of fused-ring (bicyclic) bond motifs is 1. The minimum atomic E-state index is -0.158. The molecule has 0 radical (unpaired) electrons. The highest BCUT2D eigenvalue weighted by Gasteiger charge is 2.30. The number of nitrogens with zero attached hydrogens (tertiary/aromatic N) is 1. The summed E-state index contributed by atoms with van der Waals surface area (Å²) in [5, 5.41) is 3.45. The number of ether oxygens (including phenoxy) is 2. The van der Waals surface area contributed by atoms with Gasteiger partial charge in [0, 0.05) is 30.1 Å². The predicted octanol–water partition coefficient (Wildman–Crippen LogP) is 3.98. The number of amides is 2. The Morgan fingerprint density at radius 1 is 1.07 bits per heavy atom. The van der Waals surface area contributed by atoms with E-state index in [2.05, 4.69) is 5.32 Å². The van der Waals surface area contributed by atoms with Crippen LogP contribution in [0.5, 0.6) is 11.5 Å². The van der Waals surface area contributed by atoms with Crippen molar-refractivity contribution in [3.05, 3.63) is 58.6 Å². The molecule has 158 valence electrons. The van der Waals surface area contributed by atoms with Gasteiger partial charge in [-0.15, -0.1) is 0 Å². The maximum absolute atomic E-state index is 12.8. The zero-order chi connectivity index (χ0) is 20.9. The van der Waals surface area contributed by atoms with Crippen molar-refractivity contribution in [1.29, 1.82) is 0 Å². The summed E-state index contributed by atoms with van der Waals surface area (Å²) in [6.45, 7) is 2.32. The van der Waals surface area contributed by atoms with Gasteiger partial charge in [-0.25, -0.2) is 0 Å². The van der Waals surface area contributed by atoms with Gasteiger partial charge in [0.2, 0.25) is 5.91 Å². The molecule has 2 amide bonds. The topological polar surface area (TPSA) is 67.9 Å². The number of carbonyl (C=O) groups is 2. The van der Waals surface area contributed by atoms with Gasteiger partial charge in [-0.05, 0) is 61.2 Å². The molecule has 6 nitrogen and oxygen atoms in total. The molecule has 1 fully saturated rings. The van der Waals surface area contributed by atoms with Gasteiger partial charge in [-0.2, -0.15) is 0 Å². The van der Waals surface area contributed by atoms with Crippen molar-refractivity contribution in [1.82, 2.24) is 10.2 Å². The van der Waals surface area contributed by atoms with Crippen LogP contribution in [0.4, 0.5) is 0 Å². The summed E-state index contributed by atoms with van der Waals surface area (Å²) in [5.41, 5.74) is 1.64. The van der Waals surface area contributed by atoms with E-state index in [0.29, 0.717) is 43.2 Å². The van der Waals surface area contributed by atoms with Crippen molar-refractivity contribution >= 4 is 23.4 Å². The Hall–Kier alpha value is -2.73. The molecule has 2 aliphatic rings. The van der Waals surface area contributed by atoms with Crippen molar-refractivity contribution in [2.24, 2.45) is 0 Å². The van der Waals surface area contributed by atoms with Crippen molar-refractivity contribution in [3.63, 3.8) is 0 Å². The van der Waals surface area contributed by atoms with Gasteiger partial charge in [0.15, 0.2) is 11.5 Å². The van der Waals surface area contributed by atoms with Crippen LogP contribution in [0, 0.1) is 0 Å². The van der Waals surface area contributed by atoms with Gasteiger partial charge in [0.25, 0.3) is 5.91 Å². The van der Waals surface area contributed by atoms with E-state index in [1.54, 1.807) is 24.3 Å². The van der Waals surface area contributed by atoms with E-state index in [-0.39, 0.29) is 17.9 Å². The van der Waals surface area contributed by atoms with E-state index < -0.39 is 0 Å². The van der Waals surface area contributed by atoms with Crippen molar-refractivity contribution in [2.45, 2.75) is 31.7 Å². The molecule has 2 aliphatic heterocycles. The average Bonchev–Trinajstić information content (AvgIpc) is 3.26. The first-order chi connectivity index (χ1) is 14.6. The first-order valence-corrected chi connectivity index (χ1v) is 10.7. The highest BCUT2D eigenvalue weighted by Crippen LogP contribution is 2.38. The molecular formula is C23H25ClN2O4. The molecule has 0 bridgehead atoms. The molecule has 4 rings (SSSR count). The Kier molecular flexibility index (Phi) is 6.43. The van der Waals surface area contributed by atoms with Crippen LogP contribution in [0.1, 0.15) is 47.6 Å². The fourth-order valence-corrected chi connectivity index (χ4v) is 4.09. The Morgan fingerprint density at radius 2 is 1.83 bits per heavy atom. The van der Waals surface area contributed by atoms with Crippen LogP contribution in [0.2, 0.25) is 5.02 Å². The number of halogens is 1. The molecule has 0 saturated carbocycles. The standard InChI is InChI=1S/C23H25ClN2O4/c24-18-8-5-16(6-9-18)23(28)25-11-1-4-22(27)26-12-2-3-19(26)17-7-10-20-21(15-17)30-14-13-29-20/h5-10,15,19H,1-4,11-14H2,(H,25,28). The monoisotopic (exact) mass is 428 g/mol. The third-order valence-electron chi connectivity index (χ3n) is 5.48. The fraction of sp³-hybridized carbons (Fsp3) is 0.391. The largest absolute Gasteiger partial charge is 0.486 e. The predicted molar refractivity (Wildman–Crippen MR) is 114 cm³/mol. The van der Waals surface area contributed by atoms with Gasteiger partial charge >= 0.3 is 0 Å². The molecule has 1 N–H and O–H groups in total. The summed E-state index contributed by atoms with van der Waals surface area (Å²) in [6.07, 6.45) is 2.93. The van der Waals surface area contributed by atoms with Gasteiger partial charge in [0.1, 0.15) is 13.2 Å². The average molecular weight is 429 g/mol. The van der Waals surface area contributed by atoms with E-state index in [4.69, 9.17) is 21.1 Å². The zero-order valence-electron chi connectivity index (χ0n) is 16.7. The smallest absolute Gasteiger partial charge is 0.251 e. The third-order valence-corrected chi connectivity index (χ3v) is 5.74. The molecule has 1 saturated heterocycles. The lowest BCUT2D eigenvalue weighted by molar-refractivity contribution is -0.132. The van der Waals surface area contributed by atoms with E-state index in [9.17, 15) is 9.59 Å². The van der Waals surface area contributed by atoms with Crippen LogP contribution >= 0.6 is 11.6 Å². The summed E-state index contributed by atoms with van der Waals surface area (Å²) in [7, 11) is 0. The lowest BCUT2D eigenvalue weighted by Gasteiger charge is -2.27. The highest BCUT2D eigenvalue weighted by molar-refractivity contribution is 6.30. The number of nitrogens with one attached hydrogen (secondary N) is 1. The van der Waals surface area contributed by atoms with Crippen LogP contribution in [0.25, 0.3) is 0 Å². The van der Waals surface area contributed by atoms with Crippen molar-refractivity contribution < 1.29 is 19.1 Å². The van der Waals surface area contributed by atoms with E-state index in [1.165, 1.54) is 0 Å². The quantitative estimate of drug-likeness (QED) is 0.706. The number of carbonyl (C=O) groups excluding carboxylic acids is 2. The number of rotatable bonds is 6. The molecule has 7 heteroatoms. The zero-order valence-corrected chi connectivity index (χ0v) is 17.5. The molecule has 0 aliphatic carbocycles. The highest BCUT2D eigenvalue weighted by atomic mass is 35.5. The van der Waals surface area contributed by atoms with Crippen LogP contribution in [0.3, 0.4) is 0 Å². The fourth-order valence-electron chi connectivity index (χ4n) is 3.97. The minimum Gasteiger partial charge on any atom is -0.486 e. The molecule has 1 atom stereocenters. The van der Waals surface area contributed by atoms with Crippen molar-refractivity contribution in [2.75, 3.05) is 26.3 Å². The summed E-state index contributed by atoms with van der Waals surface area (Å²) < 4.78 is 11.3. The summed E-state index contributed by atoms with van der Waals surface area (Å²) >= 11 is 5.84. The number of likely N-dealkylation sites (tertiary alicyclic amines) is 1. The molecule has 2 aromatic carbocycles. The van der Waals surface area contributed by atoms with Crippen LogP contribution in [-0.4, -0.2) is 43.0 Å². The first kappa shape index (κ1) is 20.5. The van der Waals surface area contributed by atoms with Crippen LogP contribution in [-0.2, 0) is 4.79 Å². The molecule has 0 aromatic heterocycles. The third kappa shape index (κ3) is 4.70. The van der Waals surface area contributed by atoms with Gasteiger partial charge < -0.3 is 19.7 Å². The SMILES string of the molecule is O=C(NCCCC(=O)N1CCCC1c1ccc2c(c1)OCCO2)c1ccc(Cl)cc1. The summed E-state index contributed by atoms with van der Waals surface area (Å²) in [5.74, 6) is 1.47. The molecule has 2 aromatic rings. The second-order valence-electron chi connectivity index (χ2n) is 7.51. The Morgan fingerprint density at radius 3 is 2.63 bits per heavy atom. The number of hydrogen-bond donors (Lipinski definition) is 1. The normalized spacial score (nSPS) is 17.6. The maximum Gasteiger partial charge on any atom is 0.251 e.